The van der Waals surface area contributed by atoms with E-state index in [9.17, 15) is 9.59 Å². The Morgan fingerprint density at radius 1 is 0.923 bits per heavy atom. The van der Waals surface area contributed by atoms with Crippen molar-refractivity contribution in [2.45, 2.75) is 11.4 Å². The molecule has 2 aromatic rings. The predicted molar refractivity (Wildman–Crippen MR) is 104 cm³/mol. The lowest BCUT2D eigenvalue weighted by Gasteiger charge is -2.32. The quantitative estimate of drug-likeness (QED) is 0.785. The van der Waals surface area contributed by atoms with Gasteiger partial charge in [-0.05, 0) is 26.2 Å². The van der Waals surface area contributed by atoms with E-state index in [4.69, 9.17) is 4.99 Å². The standard InChI is InChI=1S/C20H19N3O2S/c1-22(2)17-15-16(26-18(21-17)13-9-5-3-6-10-13)20(25)23(19(15)24)14-11-7-4-8-12-14/h3-12,15-17H,1-2H3/t15-,16-,17-/m0/s1. The number of hydrogen-bond donors (Lipinski definition) is 0. The van der Waals surface area contributed by atoms with Gasteiger partial charge in [0, 0.05) is 5.56 Å². The number of para-hydroxylation sites is 1. The van der Waals surface area contributed by atoms with Crippen molar-refractivity contribution in [3.8, 4) is 0 Å². The van der Waals surface area contributed by atoms with Crippen LogP contribution in [0, 0.1) is 5.92 Å². The Morgan fingerprint density at radius 2 is 1.54 bits per heavy atom. The first kappa shape index (κ1) is 17.0. The summed E-state index contributed by atoms with van der Waals surface area (Å²) in [5.74, 6) is -0.810. The van der Waals surface area contributed by atoms with E-state index in [1.807, 2.05) is 67.5 Å². The highest BCUT2D eigenvalue weighted by molar-refractivity contribution is 8.15. The number of rotatable bonds is 3. The zero-order valence-corrected chi connectivity index (χ0v) is 15.4. The van der Waals surface area contributed by atoms with E-state index < -0.39 is 11.2 Å². The molecular weight excluding hydrogens is 346 g/mol. The van der Waals surface area contributed by atoms with Crippen LogP contribution in [-0.2, 0) is 9.59 Å². The van der Waals surface area contributed by atoms with E-state index in [0.717, 1.165) is 10.6 Å². The lowest BCUT2D eigenvalue weighted by atomic mass is 10.0. The monoisotopic (exact) mass is 365 g/mol. The Morgan fingerprint density at radius 3 is 2.15 bits per heavy atom. The molecule has 26 heavy (non-hydrogen) atoms. The van der Waals surface area contributed by atoms with Crippen molar-refractivity contribution in [3.63, 3.8) is 0 Å². The van der Waals surface area contributed by atoms with E-state index in [-0.39, 0.29) is 18.0 Å². The number of hydrogen-bond acceptors (Lipinski definition) is 5. The normalized spacial score (nSPS) is 25.4. The SMILES string of the molecule is CN(C)[C@@H]1N=C(c2ccccc2)S[C@@H]2C(=O)N(c3ccccc3)C(=O)[C@@H]21. The average Bonchev–Trinajstić information content (AvgIpc) is 2.93. The molecule has 4 rings (SSSR count). The van der Waals surface area contributed by atoms with Crippen LogP contribution in [0.15, 0.2) is 65.7 Å². The van der Waals surface area contributed by atoms with Crippen molar-refractivity contribution in [3.05, 3.63) is 66.2 Å². The van der Waals surface area contributed by atoms with Gasteiger partial charge in [0.05, 0.1) is 11.6 Å². The van der Waals surface area contributed by atoms with Gasteiger partial charge in [0.2, 0.25) is 11.8 Å². The number of anilines is 1. The number of carbonyl (C=O) groups is 2. The number of amides is 2. The first-order valence-electron chi connectivity index (χ1n) is 8.47. The number of fused-ring (bicyclic) bond motifs is 1. The number of aliphatic imine (C=N–C) groups is 1. The Bertz CT molecular complexity index is 867. The molecule has 2 aliphatic rings. The molecule has 2 aliphatic heterocycles. The maximum atomic E-state index is 13.1. The van der Waals surface area contributed by atoms with Crippen molar-refractivity contribution < 1.29 is 9.59 Å². The summed E-state index contributed by atoms with van der Waals surface area (Å²) in [4.78, 5) is 34.3. The molecule has 0 spiro atoms. The molecule has 1 saturated heterocycles. The number of nitrogens with zero attached hydrogens (tertiary/aromatic N) is 3. The highest BCUT2D eigenvalue weighted by Crippen LogP contribution is 2.42. The average molecular weight is 365 g/mol. The molecule has 1 fully saturated rings. The van der Waals surface area contributed by atoms with Crippen LogP contribution < -0.4 is 4.90 Å². The molecule has 0 aliphatic carbocycles. The van der Waals surface area contributed by atoms with Crippen LogP contribution >= 0.6 is 11.8 Å². The number of imide groups is 1. The second-order valence-electron chi connectivity index (χ2n) is 6.59. The summed E-state index contributed by atoms with van der Waals surface area (Å²) >= 11 is 1.40. The number of thioether (sulfide) groups is 1. The molecule has 2 amide bonds. The fourth-order valence-electron chi connectivity index (χ4n) is 3.42. The van der Waals surface area contributed by atoms with Crippen LogP contribution in [0.2, 0.25) is 0 Å². The third-order valence-corrected chi connectivity index (χ3v) is 5.98. The first-order chi connectivity index (χ1) is 12.6. The highest BCUT2D eigenvalue weighted by atomic mass is 32.2. The van der Waals surface area contributed by atoms with Crippen molar-refractivity contribution >= 4 is 34.3 Å². The van der Waals surface area contributed by atoms with Crippen molar-refractivity contribution in [2.24, 2.45) is 10.9 Å². The molecule has 0 aromatic heterocycles. The minimum absolute atomic E-state index is 0.161. The molecule has 2 aromatic carbocycles. The Balaban J connectivity index is 1.75. The Labute approximate surface area is 156 Å². The molecule has 0 N–H and O–H groups in total. The smallest absolute Gasteiger partial charge is 0.248 e. The molecule has 0 bridgehead atoms. The number of benzene rings is 2. The van der Waals surface area contributed by atoms with Gasteiger partial charge in [-0.2, -0.15) is 0 Å². The molecular formula is C20H19N3O2S. The number of carbonyl (C=O) groups excluding carboxylic acids is 2. The van der Waals surface area contributed by atoms with Gasteiger partial charge < -0.3 is 0 Å². The third kappa shape index (κ3) is 2.75. The van der Waals surface area contributed by atoms with Crippen molar-refractivity contribution in [1.29, 1.82) is 0 Å². The maximum Gasteiger partial charge on any atom is 0.248 e. The fraction of sp³-hybridized carbons (Fsp3) is 0.250. The molecule has 3 atom stereocenters. The zero-order valence-electron chi connectivity index (χ0n) is 14.6. The summed E-state index contributed by atoms with van der Waals surface area (Å²) in [7, 11) is 3.79. The van der Waals surface area contributed by atoms with Gasteiger partial charge in [0.25, 0.3) is 0 Å². The molecule has 2 heterocycles. The summed E-state index contributed by atoms with van der Waals surface area (Å²) < 4.78 is 0. The zero-order chi connectivity index (χ0) is 18.3. The van der Waals surface area contributed by atoms with Crippen LogP contribution in [0.3, 0.4) is 0 Å². The fourth-order valence-corrected chi connectivity index (χ4v) is 4.71. The summed E-state index contributed by atoms with van der Waals surface area (Å²) in [6.45, 7) is 0. The van der Waals surface area contributed by atoms with Crippen molar-refractivity contribution in [2.75, 3.05) is 19.0 Å². The van der Waals surface area contributed by atoms with Crippen LogP contribution in [-0.4, -0.2) is 47.3 Å². The largest absolute Gasteiger partial charge is 0.287 e. The van der Waals surface area contributed by atoms with Crippen LogP contribution in [0.4, 0.5) is 5.69 Å². The lowest BCUT2D eigenvalue weighted by Crippen LogP contribution is -2.44. The van der Waals surface area contributed by atoms with Gasteiger partial charge in [0.1, 0.15) is 16.5 Å². The van der Waals surface area contributed by atoms with Crippen LogP contribution in [0.25, 0.3) is 0 Å². The van der Waals surface area contributed by atoms with Crippen LogP contribution in [0.5, 0.6) is 0 Å². The lowest BCUT2D eigenvalue weighted by molar-refractivity contribution is -0.123. The van der Waals surface area contributed by atoms with E-state index in [1.54, 1.807) is 12.1 Å². The first-order valence-corrected chi connectivity index (χ1v) is 9.35. The van der Waals surface area contributed by atoms with Gasteiger partial charge in [-0.25, -0.2) is 4.90 Å². The van der Waals surface area contributed by atoms with E-state index in [1.165, 1.54) is 16.7 Å². The molecule has 0 unspecified atom stereocenters. The predicted octanol–water partition coefficient (Wildman–Crippen LogP) is 2.63. The molecule has 132 valence electrons. The van der Waals surface area contributed by atoms with Crippen LogP contribution in [0.1, 0.15) is 5.56 Å². The minimum atomic E-state index is -0.477. The summed E-state index contributed by atoms with van der Waals surface area (Å²) in [6, 6.07) is 18.9. The second-order valence-corrected chi connectivity index (χ2v) is 7.72. The Hall–Kier alpha value is -2.44. The van der Waals surface area contributed by atoms with E-state index >= 15 is 0 Å². The summed E-state index contributed by atoms with van der Waals surface area (Å²) in [5, 5.41) is 0.351. The van der Waals surface area contributed by atoms with Crippen molar-refractivity contribution in [1.82, 2.24) is 4.90 Å². The third-order valence-electron chi connectivity index (χ3n) is 4.67. The minimum Gasteiger partial charge on any atom is -0.287 e. The van der Waals surface area contributed by atoms with E-state index in [0.29, 0.717) is 5.69 Å². The van der Waals surface area contributed by atoms with Gasteiger partial charge >= 0.3 is 0 Å². The molecule has 0 saturated carbocycles. The summed E-state index contributed by atoms with van der Waals surface area (Å²) in [6.07, 6.45) is -0.360. The van der Waals surface area contributed by atoms with Gasteiger partial charge in [0.15, 0.2) is 0 Å². The van der Waals surface area contributed by atoms with Gasteiger partial charge in [-0.3, -0.25) is 19.5 Å². The summed E-state index contributed by atoms with van der Waals surface area (Å²) in [5.41, 5.74) is 1.59. The maximum absolute atomic E-state index is 13.1. The molecule has 5 nitrogen and oxygen atoms in total. The van der Waals surface area contributed by atoms with Gasteiger partial charge in [-0.15, -0.1) is 0 Å². The van der Waals surface area contributed by atoms with E-state index in [2.05, 4.69) is 0 Å². The molecule has 6 heteroatoms. The Kier molecular flexibility index (Phi) is 4.38. The van der Waals surface area contributed by atoms with Gasteiger partial charge in [-0.1, -0.05) is 60.3 Å². The highest BCUT2D eigenvalue weighted by Gasteiger charge is 2.55. The molecule has 0 radical (unpaired) electrons. The topological polar surface area (TPSA) is 53.0 Å². The second kappa shape index (κ2) is 6.70.